The number of hydrogen-bond acceptors (Lipinski definition) is 3. The lowest BCUT2D eigenvalue weighted by atomic mass is 10.2. The molecule has 0 fully saturated rings. The van der Waals surface area contributed by atoms with E-state index in [0.29, 0.717) is 13.2 Å². The number of carbonyl (C=O) groups excluding carboxylic acids is 1. The fourth-order valence-electron chi connectivity index (χ4n) is 2.47. The third-order valence-electron chi connectivity index (χ3n) is 3.84. The van der Waals surface area contributed by atoms with Gasteiger partial charge in [0.1, 0.15) is 6.61 Å². The summed E-state index contributed by atoms with van der Waals surface area (Å²) >= 11 is 0. The average Bonchev–Trinajstić information content (AvgIpc) is 3.12. The summed E-state index contributed by atoms with van der Waals surface area (Å²) in [5, 5.41) is 4.35. The predicted molar refractivity (Wildman–Crippen MR) is 96.1 cm³/mol. The summed E-state index contributed by atoms with van der Waals surface area (Å²) in [6, 6.07) is 19.7. The molecule has 1 aromatic heterocycles. The number of likely N-dealkylation sites (N-methyl/N-ethyl adjacent to an activating group) is 1. The molecule has 0 aliphatic carbocycles. The Morgan fingerprint density at radius 2 is 1.72 bits per heavy atom. The number of benzene rings is 2. The molecular weight excluding hydrogens is 314 g/mol. The van der Waals surface area contributed by atoms with Crippen molar-refractivity contribution in [2.45, 2.75) is 13.2 Å². The van der Waals surface area contributed by atoms with Crippen LogP contribution in [0.4, 0.5) is 0 Å². The molecule has 3 rings (SSSR count). The summed E-state index contributed by atoms with van der Waals surface area (Å²) in [5.41, 5.74) is 3.03. The minimum Gasteiger partial charge on any atom is -0.367 e. The molecule has 0 aliphatic heterocycles. The lowest BCUT2D eigenvalue weighted by Gasteiger charge is -2.16. The van der Waals surface area contributed by atoms with Crippen molar-refractivity contribution in [1.82, 2.24) is 14.7 Å². The van der Waals surface area contributed by atoms with E-state index in [4.69, 9.17) is 4.74 Å². The van der Waals surface area contributed by atoms with Gasteiger partial charge in [0, 0.05) is 25.4 Å². The van der Waals surface area contributed by atoms with Crippen molar-refractivity contribution in [2.24, 2.45) is 0 Å². The molecule has 0 radical (unpaired) electrons. The van der Waals surface area contributed by atoms with E-state index >= 15 is 0 Å². The number of ether oxygens (including phenoxy) is 1. The van der Waals surface area contributed by atoms with Crippen LogP contribution in [0.2, 0.25) is 0 Å². The molecule has 0 aliphatic rings. The molecule has 5 heteroatoms. The van der Waals surface area contributed by atoms with Crippen LogP contribution in [0.15, 0.2) is 73.1 Å². The Balaban J connectivity index is 1.49. The van der Waals surface area contributed by atoms with Crippen molar-refractivity contribution >= 4 is 5.91 Å². The van der Waals surface area contributed by atoms with E-state index in [1.165, 1.54) is 0 Å². The second-order valence-electron chi connectivity index (χ2n) is 5.86. The van der Waals surface area contributed by atoms with Crippen molar-refractivity contribution in [3.05, 3.63) is 84.2 Å². The zero-order valence-corrected chi connectivity index (χ0v) is 14.2. The van der Waals surface area contributed by atoms with Crippen molar-refractivity contribution in [1.29, 1.82) is 0 Å². The lowest BCUT2D eigenvalue weighted by Crippen LogP contribution is -2.29. The van der Waals surface area contributed by atoms with E-state index in [9.17, 15) is 4.79 Å². The van der Waals surface area contributed by atoms with Gasteiger partial charge in [0.25, 0.3) is 0 Å². The van der Waals surface area contributed by atoms with Crippen LogP contribution in [0.25, 0.3) is 5.69 Å². The second kappa shape index (κ2) is 8.26. The zero-order valence-electron chi connectivity index (χ0n) is 14.2. The highest BCUT2D eigenvalue weighted by atomic mass is 16.5. The number of rotatable bonds is 7. The van der Waals surface area contributed by atoms with Gasteiger partial charge in [-0.25, -0.2) is 4.68 Å². The van der Waals surface area contributed by atoms with Crippen LogP contribution < -0.4 is 0 Å². The molecule has 25 heavy (non-hydrogen) atoms. The fourth-order valence-corrected chi connectivity index (χ4v) is 2.47. The predicted octanol–water partition coefficient (Wildman–Crippen LogP) is 3.05. The van der Waals surface area contributed by atoms with E-state index < -0.39 is 0 Å². The van der Waals surface area contributed by atoms with E-state index in [-0.39, 0.29) is 12.5 Å². The monoisotopic (exact) mass is 335 g/mol. The molecule has 0 bridgehead atoms. The molecule has 1 amide bonds. The van der Waals surface area contributed by atoms with Crippen LogP contribution in [0.3, 0.4) is 0 Å². The first-order valence-corrected chi connectivity index (χ1v) is 8.17. The fraction of sp³-hybridized carbons (Fsp3) is 0.200. The maximum absolute atomic E-state index is 12.2. The molecule has 5 nitrogen and oxygen atoms in total. The van der Waals surface area contributed by atoms with E-state index in [0.717, 1.165) is 16.8 Å². The zero-order chi connectivity index (χ0) is 17.5. The summed E-state index contributed by atoms with van der Waals surface area (Å²) in [6.07, 6.45) is 3.71. The van der Waals surface area contributed by atoms with Gasteiger partial charge < -0.3 is 9.64 Å². The van der Waals surface area contributed by atoms with Crippen molar-refractivity contribution in [3.63, 3.8) is 0 Å². The topological polar surface area (TPSA) is 47.4 Å². The van der Waals surface area contributed by atoms with E-state index in [1.807, 2.05) is 66.9 Å². The van der Waals surface area contributed by atoms with Gasteiger partial charge in [-0.2, -0.15) is 5.10 Å². The molecule has 0 N–H and O–H groups in total. The molecule has 3 aromatic rings. The lowest BCUT2D eigenvalue weighted by molar-refractivity contribution is -0.135. The first-order chi connectivity index (χ1) is 12.2. The molecular formula is C20H21N3O2. The molecule has 0 saturated heterocycles. The molecule has 0 saturated carbocycles. The minimum atomic E-state index is -0.0524. The molecule has 2 aromatic carbocycles. The van der Waals surface area contributed by atoms with Crippen LogP contribution in [-0.4, -0.2) is 34.2 Å². The Morgan fingerprint density at radius 1 is 1.04 bits per heavy atom. The Labute approximate surface area is 147 Å². The van der Waals surface area contributed by atoms with Crippen molar-refractivity contribution in [2.75, 3.05) is 13.7 Å². The van der Waals surface area contributed by atoms with Gasteiger partial charge in [-0.1, -0.05) is 48.5 Å². The van der Waals surface area contributed by atoms with Crippen LogP contribution in [-0.2, 0) is 22.7 Å². The number of carbonyl (C=O) groups is 1. The first kappa shape index (κ1) is 16.9. The number of para-hydroxylation sites is 1. The molecule has 0 atom stereocenters. The largest absolute Gasteiger partial charge is 0.367 e. The van der Waals surface area contributed by atoms with E-state index in [1.54, 1.807) is 22.8 Å². The number of amides is 1. The normalized spacial score (nSPS) is 10.6. The maximum atomic E-state index is 12.2. The van der Waals surface area contributed by atoms with Gasteiger partial charge in [-0.3, -0.25) is 4.79 Å². The Hall–Kier alpha value is -2.92. The Bertz CT molecular complexity index is 800. The third kappa shape index (κ3) is 4.78. The van der Waals surface area contributed by atoms with Crippen LogP contribution in [0.1, 0.15) is 11.1 Å². The van der Waals surface area contributed by atoms with Gasteiger partial charge in [0.15, 0.2) is 0 Å². The molecule has 128 valence electrons. The quantitative estimate of drug-likeness (QED) is 0.667. The van der Waals surface area contributed by atoms with Crippen LogP contribution in [0, 0.1) is 0 Å². The number of nitrogens with zero attached hydrogens (tertiary/aromatic N) is 3. The van der Waals surface area contributed by atoms with Crippen molar-refractivity contribution < 1.29 is 9.53 Å². The first-order valence-electron chi connectivity index (χ1n) is 8.17. The van der Waals surface area contributed by atoms with Gasteiger partial charge in [-0.05, 0) is 17.7 Å². The summed E-state index contributed by atoms with van der Waals surface area (Å²) < 4.78 is 7.31. The van der Waals surface area contributed by atoms with Crippen molar-refractivity contribution in [3.8, 4) is 5.69 Å². The minimum absolute atomic E-state index is 0.0524. The van der Waals surface area contributed by atoms with Crippen LogP contribution in [0.5, 0.6) is 0 Å². The van der Waals surface area contributed by atoms with Gasteiger partial charge in [0.05, 0.1) is 18.5 Å². The highest BCUT2D eigenvalue weighted by molar-refractivity contribution is 5.77. The highest BCUT2D eigenvalue weighted by Gasteiger charge is 2.11. The van der Waals surface area contributed by atoms with Gasteiger partial charge in [-0.15, -0.1) is 0 Å². The van der Waals surface area contributed by atoms with Crippen LogP contribution >= 0.6 is 0 Å². The average molecular weight is 335 g/mol. The second-order valence-corrected chi connectivity index (χ2v) is 5.86. The highest BCUT2D eigenvalue weighted by Crippen LogP contribution is 2.09. The smallest absolute Gasteiger partial charge is 0.248 e. The van der Waals surface area contributed by atoms with Gasteiger partial charge >= 0.3 is 0 Å². The Morgan fingerprint density at radius 3 is 2.44 bits per heavy atom. The molecule has 0 spiro atoms. The maximum Gasteiger partial charge on any atom is 0.248 e. The number of aromatic nitrogens is 2. The van der Waals surface area contributed by atoms with Gasteiger partial charge in [0.2, 0.25) is 5.91 Å². The summed E-state index contributed by atoms with van der Waals surface area (Å²) in [4.78, 5) is 13.8. The Kier molecular flexibility index (Phi) is 5.59. The molecule has 0 unspecified atom stereocenters. The third-order valence-corrected chi connectivity index (χ3v) is 3.84. The number of hydrogen-bond donors (Lipinski definition) is 0. The summed E-state index contributed by atoms with van der Waals surface area (Å²) in [6.45, 7) is 1.00. The summed E-state index contributed by atoms with van der Waals surface area (Å²) in [5.74, 6) is -0.0524. The molecule has 1 heterocycles. The standard InChI is InChI=1S/C20H21N3O2/c1-22(20(24)16-25-15-17-8-4-2-5-9-17)13-18-12-21-23(14-18)19-10-6-3-7-11-19/h2-12,14H,13,15-16H2,1H3. The van der Waals surface area contributed by atoms with E-state index in [2.05, 4.69) is 5.10 Å². The summed E-state index contributed by atoms with van der Waals surface area (Å²) in [7, 11) is 1.77. The SMILES string of the molecule is CN(Cc1cnn(-c2ccccc2)c1)C(=O)COCc1ccccc1.